The minimum atomic E-state index is 0.626. The van der Waals surface area contributed by atoms with E-state index in [2.05, 4.69) is 15.6 Å². The number of hydrogen-bond acceptors (Lipinski definition) is 5. The highest BCUT2D eigenvalue weighted by Crippen LogP contribution is 2.18. The fourth-order valence-corrected chi connectivity index (χ4v) is 1.47. The topological polar surface area (TPSA) is 61.2 Å². The van der Waals surface area contributed by atoms with Gasteiger partial charge in [-0.25, -0.2) is 4.68 Å². The minimum absolute atomic E-state index is 0.626. The second kappa shape index (κ2) is 6.68. The second-order valence-electron chi connectivity index (χ2n) is 4.23. The normalized spacial score (nSPS) is 15.4. The molecule has 0 aliphatic heterocycles. The number of rotatable bonds is 9. The van der Waals surface area contributed by atoms with Gasteiger partial charge in [0.15, 0.2) is 0 Å². The first-order chi connectivity index (χ1) is 8.38. The van der Waals surface area contributed by atoms with Gasteiger partial charge in [0.25, 0.3) is 0 Å². The summed E-state index contributed by atoms with van der Waals surface area (Å²) in [6, 6.07) is 0.706. The van der Waals surface area contributed by atoms with E-state index in [1.165, 1.54) is 12.8 Å². The summed E-state index contributed by atoms with van der Waals surface area (Å²) in [6.45, 7) is 3.45. The fourth-order valence-electron chi connectivity index (χ4n) is 1.47. The Bertz CT molecular complexity index is 325. The molecular weight excluding hydrogens is 220 g/mol. The van der Waals surface area contributed by atoms with E-state index in [0.29, 0.717) is 25.9 Å². The standard InChI is InChI=1S/C11H20N4O2/c1-16-6-7-17-5-4-15-9-11(13-14-15)8-12-10-2-3-10/h9-10,12H,2-8H2,1H3. The fraction of sp³-hybridized carbons (Fsp3) is 0.818. The maximum absolute atomic E-state index is 5.37. The Balaban J connectivity index is 1.59. The van der Waals surface area contributed by atoms with Crippen molar-refractivity contribution >= 4 is 0 Å². The van der Waals surface area contributed by atoms with E-state index in [0.717, 1.165) is 18.8 Å². The molecule has 2 rings (SSSR count). The number of nitrogens with one attached hydrogen (secondary N) is 1. The molecule has 1 aromatic heterocycles. The molecule has 96 valence electrons. The highest BCUT2D eigenvalue weighted by Gasteiger charge is 2.20. The van der Waals surface area contributed by atoms with Crippen LogP contribution in [0.1, 0.15) is 18.5 Å². The zero-order valence-electron chi connectivity index (χ0n) is 10.3. The highest BCUT2D eigenvalue weighted by molar-refractivity contribution is 4.94. The molecule has 0 saturated heterocycles. The van der Waals surface area contributed by atoms with Gasteiger partial charge in [-0.3, -0.25) is 0 Å². The van der Waals surface area contributed by atoms with Crippen molar-refractivity contribution in [2.45, 2.75) is 32.0 Å². The van der Waals surface area contributed by atoms with Crippen LogP contribution in [0.5, 0.6) is 0 Å². The van der Waals surface area contributed by atoms with Gasteiger partial charge in [-0.05, 0) is 12.8 Å². The minimum Gasteiger partial charge on any atom is -0.382 e. The molecule has 0 spiro atoms. The van der Waals surface area contributed by atoms with Crippen LogP contribution >= 0.6 is 0 Å². The van der Waals surface area contributed by atoms with Gasteiger partial charge < -0.3 is 14.8 Å². The van der Waals surface area contributed by atoms with Gasteiger partial charge in [0.05, 0.1) is 32.1 Å². The Hall–Kier alpha value is -0.980. The van der Waals surface area contributed by atoms with Crippen LogP contribution in [0.2, 0.25) is 0 Å². The molecule has 0 amide bonds. The van der Waals surface area contributed by atoms with Gasteiger partial charge in [0, 0.05) is 25.9 Å². The molecule has 0 radical (unpaired) electrons. The predicted molar refractivity (Wildman–Crippen MR) is 62.6 cm³/mol. The lowest BCUT2D eigenvalue weighted by Crippen LogP contribution is -2.15. The Morgan fingerprint density at radius 2 is 2.29 bits per heavy atom. The highest BCUT2D eigenvalue weighted by atomic mass is 16.5. The van der Waals surface area contributed by atoms with Gasteiger partial charge in [-0.1, -0.05) is 5.21 Å². The maximum Gasteiger partial charge on any atom is 0.0964 e. The average Bonchev–Trinajstić information content (AvgIpc) is 3.06. The maximum atomic E-state index is 5.37. The van der Waals surface area contributed by atoms with Crippen molar-refractivity contribution in [3.05, 3.63) is 11.9 Å². The molecule has 1 fully saturated rings. The van der Waals surface area contributed by atoms with Crippen molar-refractivity contribution in [3.63, 3.8) is 0 Å². The lowest BCUT2D eigenvalue weighted by Gasteiger charge is -2.02. The Morgan fingerprint density at radius 1 is 1.41 bits per heavy atom. The SMILES string of the molecule is COCCOCCn1cc(CNC2CC2)nn1. The van der Waals surface area contributed by atoms with Gasteiger partial charge in [-0.2, -0.15) is 0 Å². The molecule has 1 N–H and O–H groups in total. The van der Waals surface area contributed by atoms with Gasteiger partial charge in [0.1, 0.15) is 0 Å². The van der Waals surface area contributed by atoms with Gasteiger partial charge in [-0.15, -0.1) is 5.10 Å². The monoisotopic (exact) mass is 240 g/mol. The third kappa shape index (κ3) is 4.80. The molecule has 1 heterocycles. The summed E-state index contributed by atoms with van der Waals surface area (Å²) in [5.41, 5.74) is 0.994. The smallest absolute Gasteiger partial charge is 0.0964 e. The summed E-state index contributed by atoms with van der Waals surface area (Å²) < 4.78 is 12.1. The van der Waals surface area contributed by atoms with Crippen molar-refractivity contribution in [3.8, 4) is 0 Å². The van der Waals surface area contributed by atoms with E-state index in [1.807, 2.05) is 10.9 Å². The van der Waals surface area contributed by atoms with Crippen molar-refractivity contribution < 1.29 is 9.47 Å². The lowest BCUT2D eigenvalue weighted by atomic mass is 10.4. The summed E-state index contributed by atoms with van der Waals surface area (Å²) in [7, 11) is 1.67. The molecule has 0 aromatic carbocycles. The van der Waals surface area contributed by atoms with Crippen LogP contribution < -0.4 is 5.32 Å². The quantitative estimate of drug-likeness (QED) is 0.624. The molecule has 17 heavy (non-hydrogen) atoms. The van der Waals surface area contributed by atoms with E-state index in [4.69, 9.17) is 9.47 Å². The average molecular weight is 240 g/mol. The van der Waals surface area contributed by atoms with E-state index in [9.17, 15) is 0 Å². The van der Waals surface area contributed by atoms with Crippen LogP contribution in [0.4, 0.5) is 0 Å². The van der Waals surface area contributed by atoms with Crippen LogP contribution in [0, 0.1) is 0 Å². The Morgan fingerprint density at radius 3 is 3.06 bits per heavy atom. The largest absolute Gasteiger partial charge is 0.382 e. The number of methoxy groups -OCH3 is 1. The van der Waals surface area contributed by atoms with Crippen LogP contribution in [-0.4, -0.2) is 48.0 Å². The van der Waals surface area contributed by atoms with E-state index in [1.54, 1.807) is 7.11 Å². The first-order valence-electron chi connectivity index (χ1n) is 6.07. The van der Waals surface area contributed by atoms with Gasteiger partial charge in [0.2, 0.25) is 0 Å². The number of hydrogen-bond donors (Lipinski definition) is 1. The van der Waals surface area contributed by atoms with Crippen LogP contribution in [0.15, 0.2) is 6.20 Å². The van der Waals surface area contributed by atoms with Crippen LogP contribution in [0.3, 0.4) is 0 Å². The van der Waals surface area contributed by atoms with Crippen molar-refractivity contribution in [1.82, 2.24) is 20.3 Å². The summed E-state index contributed by atoms with van der Waals surface area (Å²) in [5, 5.41) is 11.6. The molecular formula is C11H20N4O2. The lowest BCUT2D eigenvalue weighted by molar-refractivity contribution is 0.0652. The number of aromatic nitrogens is 3. The summed E-state index contributed by atoms with van der Waals surface area (Å²) in [6.07, 6.45) is 4.55. The molecule has 1 aromatic rings. The molecule has 6 nitrogen and oxygen atoms in total. The molecule has 1 saturated carbocycles. The van der Waals surface area contributed by atoms with E-state index >= 15 is 0 Å². The molecule has 1 aliphatic rings. The van der Waals surface area contributed by atoms with Crippen molar-refractivity contribution in [1.29, 1.82) is 0 Å². The number of ether oxygens (including phenoxy) is 2. The molecule has 0 atom stereocenters. The Labute approximate surface area is 101 Å². The van der Waals surface area contributed by atoms with Crippen LogP contribution in [0.25, 0.3) is 0 Å². The van der Waals surface area contributed by atoms with Gasteiger partial charge >= 0.3 is 0 Å². The summed E-state index contributed by atoms with van der Waals surface area (Å²) in [4.78, 5) is 0. The second-order valence-corrected chi connectivity index (χ2v) is 4.23. The summed E-state index contributed by atoms with van der Waals surface area (Å²) in [5.74, 6) is 0. The van der Waals surface area contributed by atoms with E-state index in [-0.39, 0.29) is 0 Å². The molecule has 0 bridgehead atoms. The van der Waals surface area contributed by atoms with Crippen LogP contribution in [-0.2, 0) is 22.6 Å². The first kappa shape index (κ1) is 12.5. The molecule has 1 aliphatic carbocycles. The molecule has 6 heteroatoms. The first-order valence-corrected chi connectivity index (χ1v) is 6.07. The predicted octanol–water partition coefficient (Wildman–Crippen LogP) is 0.193. The Kier molecular flexibility index (Phi) is 4.90. The third-order valence-electron chi connectivity index (χ3n) is 2.63. The zero-order valence-corrected chi connectivity index (χ0v) is 10.3. The third-order valence-corrected chi connectivity index (χ3v) is 2.63. The van der Waals surface area contributed by atoms with Crippen molar-refractivity contribution in [2.24, 2.45) is 0 Å². The summed E-state index contributed by atoms with van der Waals surface area (Å²) >= 11 is 0. The zero-order chi connectivity index (χ0) is 11.9. The molecule has 0 unspecified atom stereocenters. The number of nitrogens with zero attached hydrogens (tertiary/aromatic N) is 3. The van der Waals surface area contributed by atoms with E-state index < -0.39 is 0 Å². The van der Waals surface area contributed by atoms with Crippen molar-refractivity contribution in [2.75, 3.05) is 26.9 Å².